The topological polar surface area (TPSA) is 26.0 Å². The lowest BCUT2D eigenvalue weighted by Gasteiger charge is -1.84. The van der Waals surface area contributed by atoms with Crippen LogP contribution in [-0.4, -0.2) is 6.54 Å². The van der Waals surface area contributed by atoms with E-state index in [1.807, 2.05) is 42.5 Å². The van der Waals surface area contributed by atoms with Crippen LogP contribution in [0.25, 0.3) is 0 Å². The second-order valence-electron chi connectivity index (χ2n) is 2.62. The number of hydrogen-bond acceptors (Lipinski definition) is 1. The van der Waals surface area contributed by atoms with Gasteiger partial charge in [0, 0.05) is 5.56 Å². The molecule has 2 N–H and O–H groups in total. The predicted molar refractivity (Wildman–Crippen MR) is 56.1 cm³/mol. The Bertz CT molecular complexity index is 314. The monoisotopic (exact) mass is 171 g/mol. The van der Waals surface area contributed by atoms with E-state index in [2.05, 4.69) is 11.8 Å². The van der Waals surface area contributed by atoms with Crippen molar-refractivity contribution < 1.29 is 0 Å². The van der Waals surface area contributed by atoms with Gasteiger partial charge in [0.2, 0.25) is 0 Å². The first-order chi connectivity index (χ1) is 6.43. The molecule has 0 aromatic heterocycles. The average molecular weight is 171 g/mol. The van der Waals surface area contributed by atoms with Gasteiger partial charge in [0.25, 0.3) is 0 Å². The highest BCUT2D eigenvalue weighted by Crippen LogP contribution is 1.94. The van der Waals surface area contributed by atoms with Crippen LogP contribution in [0.15, 0.2) is 42.5 Å². The maximum Gasteiger partial charge on any atom is 0.0248 e. The summed E-state index contributed by atoms with van der Waals surface area (Å²) >= 11 is 0. The summed E-state index contributed by atoms with van der Waals surface area (Å²) in [6.45, 7) is 0.684. The Morgan fingerprint density at radius 2 is 2.00 bits per heavy atom. The van der Waals surface area contributed by atoms with E-state index in [4.69, 9.17) is 5.73 Å². The van der Waals surface area contributed by atoms with Crippen LogP contribution >= 0.6 is 0 Å². The molecule has 0 unspecified atom stereocenters. The van der Waals surface area contributed by atoms with Crippen LogP contribution in [0.5, 0.6) is 0 Å². The highest BCUT2D eigenvalue weighted by Gasteiger charge is 1.78. The van der Waals surface area contributed by atoms with Crippen molar-refractivity contribution in [2.75, 3.05) is 6.54 Å². The zero-order chi connectivity index (χ0) is 9.36. The lowest BCUT2D eigenvalue weighted by Crippen LogP contribution is -1.94. The summed E-state index contributed by atoms with van der Waals surface area (Å²) in [5.74, 6) is 5.98. The van der Waals surface area contributed by atoms with Crippen molar-refractivity contribution in [3.63, 3.8) is 0 Å². The van der Waals surface area contributed by atoms with Gasteiger partial charge in [-0.25, -0.2) is 0 Å². The molecule has 0 radical (unpaired) electrons. The quantitative estimate of drug-likeness (QED) is 0.676. The standard InChI is InChI=1S/C12H13N/c13-11-7-2-1-4-8-12-9-5-3-6-10-12/h1-3,5-6,9-10H,7,11,13H2/b2-1+. The summed E-state index contributed by atoms with van der Waals surface area (Å²) in [7, 11) is 0. The molecule has 0 spiro atoms. The molecular formula is C12H13N. The normalized spacial score (nSPS) is 9.62. The number of rotatable bonds is 2. The molecule has 13 heavy (non-hydrogen) atoms. The molecule has 0 aliphatic heterocycles. The second-order valence-corrected chi connectivity index (χ2v) is 2.62. The number of hydrogen-bond donors (Lipinski definition) is 1. The first-order valence-electron chi connectivity index (χ1n) is 4.35. The Morgan fingerprint density at radius 3 is 2.69 bits per heavy atom. The molecule has 0 aliphatic carbocycles. The second kappa shape index (κ2) is 6.05. The molecule has 0 heterocycles. The lowest BCUT2D eigenvalue weighted by atomic mass is 10.2. The van der Waals surface area contributed by atoms with Crippen LogP contribution in [0.3, 0.4) is 0 Å². The van der Waals surface area contributed by atoms with E-state index in [9.17, 15) is 0 Å². The molecule has 0 atom stereocenters. The minimum atomic E-state index is 0.684. The molecule has 66 valence electrons. The third kappa shape index (κ3) is 4.15. The number of nitrogens with two attached hydrogens (primary N) is 1. The van der Waals surface area contributed by atoms with E-state index >= 15 is 0 Å². The van der Waals surface area contributed by atoms with Crippen molar-refractivity contribution in [1.29, 1.82) is 0 Å². The van der Waals surface area contributed by atoms with E-state index in [1.165, 1.54) is 0 Å². The van der Waals surface area contributed by atoms with Gasteiger partial charge in [-0.15, -0.1) is 0 Å². The summed E-state index contributed by atoms with van der Waals surface area (Å²) in [4.78, 5) is 0. The predicted octanol–water partition coefficient (Wildman–Crippen LogP) is 1.94. The van der Waals surface area contributed by atoms with Crippen LogP contribution < -0.4 is 5.73 Å². The third-order valence-corrected chi connectivity index (χ3v) is 1.52. The summed E-state index contributed by atoms with van der Waals surface area (Å²) in [5.41, 5.74) is 6.36. The summed E-state index contributed by atoms with van der Waals surface area (Å²) < 4.78 is 0. The highest BCUT2D eigenvalue weighted by molar-refractivity contribution is 5.36. The maximum atomic E-state index is 5.32. The zero-order valence-electron chi connectivity index (χ0n) is 7.53. The molecule has 0 fully saturated rings. The van der Waals surface area contributed by atoms with Crippen molar-refractivity contribution in [2.24, 2.45) is 5.73 Å². The van der Waals surface area contributed by atoms with Gasteiger partial charge in [0.15, 0.2) is 0 Å². The van der Waals surface area contributed by atoms with Crippen molar-refractivity contribution in [2.45, 2.75) is 6.42 Å². The first-order valence-corrected chi connectivity index (χ1v) is 4.35. The van der Waals surface area contributed by atoms with Crippen LogP contribution in [0.4, 0.5) is 0 Å². The Kier molecular flexibility index (Phi) is 4.45. The van der Waals surface area contributed by atoms with Crippen LogP contribution in [-0.2, 0) is 0 Å². The number of benzene rings is 1. The van der Waals surface area contributed by atoms with Crippen LogP contribution in [0, 0.1) is 11.8 Å². The molecule has 1 heteroatoms. The third-order valence-electron chi connectivity index (χ3n) is 1.52. The minimum absolute atomic E-state index is 0.684. The summed E-state index contributed by atoms with van der Waals surface area (Å²) in [6.07, 6.45) is 4.72. The Hall–Kier alpha value is -1.52. The molecule has 0 saturated heterocycles. The van der Waals surface area contributed by atoms with Gasteiger partial charge >= 0.3 is 0 Å². The van der Waals surface area contributed by atoms with Crippen molar-refractivity contribution in [1.82, 2.24) is 0 Å². The van der Waals surface area contributed by atoms with Crippen LogP contribution in [0.1, 0.15) is 12.0 Å². The zero-order valence-corrected chi connectivity index (χ0v) is 7.53. The smallest absolute Gasteiger partial charge is 0.0248 e. The van der Waals surface area contributed by atoms with E-state index in [0.717, 1.165) is 12.0 Å². The summed E-state index contributed by atoms with van der Waals surface area (Å²) in [5, 5.41) is 0. The molecule has 0 bridgehead atoms. The van der Waals surface area contributed by atoms with Crippen molar-refractivity contribution in [3.8, 4) is 11.8 Å². The molecular weight excluding hydrogens is 158 g/mol. The van der Waals surface area contributed by atoms with Gasteiger partial charge in [0.05, 0.1) is 0 Å². The Morgan fingerprint density at radius 1 is 1.23 bits per heavy atom. The Labute approximate surface area is 79.3 Å². The Balaban J connectivity index is 2.49. The fourth-order valence-corrected chi connectivity index (χ4v) is 0.885. The SMILES string of the molecule is NCC/C=C/C#Cc1ccccc1. The fourth-order valence-electron chi connectivity index (χ4n) is 0.885. The van der Waals surface area contributed by atoms with Gasteiger partial charge in [-0.3, -0.25) is 0 Å². The number of allylic oxidation sites excluding steroid dienone is 1. The average Bonchev–Trinajstić information content (AvgIpc) is 2.19. The largest absolute Gasteiger partial charge is 0.330 e. The van der Waals surface area contributed by atoms with Gasteiger partial charge in [0.1, 0.15) is 0 Å². The van der Waals surface area contributed by atoms with E-state index < -0.39 is 0 Å². The van der Waals surface area contributed by atoms with Gasteiger partial charge in [-0.1, -0.05) is 36.1 Å². The molecule has 0 amide bonds. The molecule has 0 aliphatic rings. The van der Waals surface area contributed by atoms with Crippen LogP contribution in [0.2, 0.25) is 0 Å². The highest BCUT2D eigenvalue weighted by atomic mass is 14.5. The fraction of sp³-hybridized carbons (Fsp3) is 0.167. The molecule has 1 rings (SSSR count). The minimum Gasteiger partial charge on any atom is -0.330 e. The van der Waals surface area contributed by atoms with Gasteiger partial charge < -0.3 is 5.73 Å². The lowest BCUT2D eigenvalue weighted by molar-refractivity contribution is 1.01. The summed E-state index contributed by atoms with van der Waals surface area (Å²) in [6, 6.07) is 9.92. The molecule has 1 nitrogen and oxygen atoms in total. The molecule has 0 saturated carbocycles. The van der Waals surface area contributed by atoms with Crippen molar-refractivity contribution >= 4 is 0 Å². The van der Waals surface area contributed by atoms with E-state index in [0.29, 0.717) is 6.54 Å². The van der Waals surface area contributed by atoms with Gasteiger partial charge in [-0.05, 0) is 31.2 Å². The van der Waals surface area contributed by atoms with E-state index in [-0.39, 0.29) is 0 Å². The van der Waals surface area contributed by atoms with E-state index in [1.54, 1.807) is 0 Å². The van der Waals surface area contributed by atoms with Gasteiger partial charge in [-0.2, -0.15) is 0 Å². The molecule has 1 aromatic carbocycles. The first kappa shape index (κ1) is 9.57. The molecule has 1 aromatic rings. The van der Waals surface area contributed by atoms with Crippen molar-refractivity contribution in [3.05, 3.63) is 48.0 Å². The maximum absolute atomic E-state index is 5.32.